The van der Waals surface area contributed by atoms with Crippen LogP contribution < -0.4 is 0 Å². The third-order valence-electron chi connectivity index (χ3n) is 6.67. The normalized spacial score (nSPS) is 15.5. The van der Waals surface area contributed by atoms with Gasteiger partial charge in [-0.05, 0) is 52.6 Å². The Morgan fingerprint density at radius 1 is 0.500 bits per heavy atom. The van der Waals surface area contributed by atoms with Gasteiger partial charge in [-0.2, -0.15) is 40.4 Å². The van der Waals surface area contributed by atoms with E-state index in [1.165, 1.54) is 54.6 Å². The quantitative estimate of drug-likeness (QED) is 0.345. The van der Waals surface area contributed by atoms with Gasteiger partial charge in [0.05, 0.1) is 34.4 Å². The first-order chi connectivity index (χ1) is 19.4. The zero-order valence-electron chi connectivity index (χ0n) is 20.2. The van der Waals surface area contributed by atoms with E-state index in [0.29, 0.717) is 11.1 Å². The lowest BCUT2D eigenvalue weighted by Gasteiger charge is -2.12. The fourth-order valence-corrected chi connectivity index (χ4v) is 5.07. The van der Waals surface area contributed by atoms with Crippen LogP contribution in [0, 0.1) is 68.0 Å². The van der Waals surface area contributed by atoms with Crippen molar-refractivity contribution in [1.82, 2.24) is 0 Å². The number of nitrogens with zero attached hydrogens (tertiary/aromatic N) is 6. The summed E-state index contributed by atoms with van der Waals surface area (Å²) in [5, 5.41) is 57.7. The first kappa shape index (κ1) is 25.1. The van der Waals surface area contributed by atoms with E-state index in [1.54, 1.807) is 18.2 Å². The summed E-state index contributed by atoms with van der Waals surface area (Å²) in [6.07, 6.45) is 0. The lowest BCUT2D eigenvalue weighted by Crippen LogP contribution is -1.94. The highest BCUT2D eigenvalue weighted by molar-refractivity contribution is 6.27. The maximum absolute atomic E-state index is 15.1. The van der Waals surface area contributed by atoms with Crippen molar-refractivity contribution in [2.75, 3.05) is 0 Å². The number of allylic oxidation sites excluding steroid dienone is 8. The fraction of sp³-hybridized carbons (Fsp3) is 0. The van der Waals surface area contributed by atoms with E-state index < -0.39 is 11.7 Å². The van der Waals surface area contributed by atoms with Gasteiger partial charge < -0.3 is 0 Å². The second kappa shape index (κ2) is 9.71. The molecule has 3 aromatic rings. The molecule has 3 aromatic carbocycles. The average Bonchev–Trinajstić information content (AvgIpc) is 3.51. The smallest absolute Gasteiger partial charge is 0.194 e. The van der Waals surface area contributed by atoms with Crippen LogP contribution in [0.5, 0.6) is 0 Å². The summed E-state index contributed by atoms with van der Waals surface area (Å²) in [5.41, 5.74) is 2.17. The molecule has 0 unspecified atom stereocenters. The van der Waals surface area contributed by atoms with E-state index >= 15 is 8.78 Å². The van der Waals surface area contributed by atoms with Crippen molar-refractivity contribution in [2.24, 2.45) is 0 Å². The topological polar surface area (TPSA) is 143 Å². The summed E-state index contributed by atoms with van der Waals surface area (Å²) in [6, 6.07) is 26.0. The van der Waals surface area contributed by atoms with Crippen LogP contribution >= 0.6 is 0 Å². The highest BCUT2D eigenvalue weighted by Gasteiger charge is 2.34. The SMILES string of the molecule is N#CC1=C(c2cccc(C3=C(C#N)c4cc(C#N)ccc4/C3=C(/F)C#N)c2)/C(=C(\F)C#N)c2ccc(C#N)cc21. The number of hydrogen-bond donors (Lipinski definition) is 0. The Bertz CT molecular complexity index is 1940. The molecule has 0 radical (unpaired) electrons. The Hall–Kier alpha value is -6.58. The summed E-state index contributed by atoms with van der Waals surface area (Å²) < 4.78 is 30.1. The second-order valence-electron chi connectivity index (χ2n) is 8.65. The van der Waals surface area contributed by atoms with Crippen molar-refractivity contribution in [2.45, 2.75) is 0 Å². The predicted octanol–water partition coefficient (Wildman–Crippen LogP) is 6.73. The minimum Gasteiger partial charge on any atom is -0.194 e. The second-order valence-corrected chi connectivity index (χ2v) is 8.65. The van der Waals surface area contributed by atoms with E-state index in [9.17, 15) is 31.6 Å². The maximum Gasteiger partial charge on any atom is 0.208 e. The molecule has 0 heterocycles. The standard InChI is InChI=1S/C32H10F2N6/c33-27(15-39)31-21-6-4-17(11-35)8-23(21)25(13-37)29(31)19-2-1-3-20(10-19)30-26(14-38)24-9-18(12-36)5-7-22(24)32(30)28(34)16-40/h1-10H/b31-27-,32-28-. The number of nitriles is 6. The molecule has 182 valence electrons. The van der Waals surface area contributed by atoms with Gasteiger partial charge in [0.1, 0.15) is 24.3 Å². The number of hydrogen-bond acceptors (Lipinski definition) is 6. The molecule has 0 spiro atoms. The van der Waals surface area contributed by atoms with Crippen LogP contribution in [0.2, 0.25) is 0 Å². The molecule has 5 rings (SSSR count). The molecule has 2 aliphatic carbocycles. The summed E-state index contributed by atoms with van der Waals surface area (Å²) in [6.45, 7) is 0. The Labute approximate surface area is 227 Å². The van der Waals surface area contributed by atoms with Gasteiger partial charge in [-0.25, -0.2) is 0 Å². The molecule has 6 nitrogen and oxygen atoms in total. The highest BCUT2D eigenvalue weighted by Crippen LogP contribution is 2.51. The van der Waals surface area contributed by atoms with E-state index in [0.717, 1.165) is 0 Å². The van der Waals surface area contributed by atoms with Crippen LogP contribution in [0.3, 0.4) is 0 Å². The summed E-state index contributed by atoms with van der Waals surface area (Å²) >= 11 is 0. The molecular formula is C32H10F2N6. The minimum atomic E-state index is -1.14. The molecule has 2 aliphatic rings. The summed E-state index contributed by atoms with van der Waals surface area (Å²) in [5.74, 6) is -2.27. The van der Waals surface area contributed by atoms with Gasteiger partial charge in [-0.3, -0.25) is 0 Å². The van der Waals surface area contributed by atoms with Crippen molar-refractivity contribution in [3.63, 3.8) is 0 Å². The van der Waals surface area contributed by atoms with Crippen molar-refractivity contribution in [1.29, 1.82) is 31.6 Å². The number of benzene rings is 3. The van der Waals surface area contributed by atoms with E-state index in [1.807, 2.05) is 12.1 Å². The molecule has 40 heavy (non-hydrogen) atoms. The molecule has 8 heteroatoms. The van der Waals surface area contributed by atoms with Crippen molar-refractivity contribution in [3.8, 4) is 36.4 Å². The first-order valence-corrected chi connectivity index (χ1v) is 11.5. The lowest BCUT2D eigenvalue weighted by atomic mass is 9.90. The number of fused-ring (bicyclic) bond motifs is 2. The van der Waals surface area contributed by atoms with E-state index in [4.69, 9.17) is 0 Å². The molecular weight excluding hydrogens is 506 g/mol. The summed E-state index contributed by atoms with van der Waals surface area (Å²) in [7, 11) is 0. The van der Waals surface area contributed by atoms with Crippen LogP contribution in [0.25, 0.3) is 33.4 Å². The van der Waals surface area contributed by atoms with Crippen LogP contribution in [0.15, 0.2) is 72.3 Å². The van der Waals surface area contributed by atoms with Crippen LogP contribution in [-0.2, 0) is 0 Å². The first-order valence-electron chi connectivity index (χ1n) is 11.5. The third kappa shape index (κ3) is 3.64. The molecule has 0 saturated carbocycles. The molecule has 0 amide bonds. The number of halogens is 2. The van der Waals surface area contributed by atoms with Crippen LogP contribution in [0.1, 0.15) is 44.5 Å². The average molecular weight is 516 g/mol. The zero-order valence-corrected chi connectivity index (χ0v) is 20.2. The van der Waals surface area contributed by atoms with E-state index in [2.05, 4.69) is 12.1 Å². The molecule has 0 bridgehead atoms. The van der Waals surface area contributed by atoms with Gasteiger partial charge in [0.2, 0.25) is 11.7 Å². The highest BCUT2D eigenvalue weighted by atomic mass is 19.1. The van der Waals surface area contributed by atoms with Gasteiger partial charge in [-0.1, -0.05) is 30.3 Å². The summed E-state index contributed by atoms with van der Waals surface area (Å²) in [4.78, 5) is 0. The Balaban J connectivity index is 1.82. The van der Waals surface area contributed by atoms with Crippen LogP contribution in [0.4, 0.5) is 8.78 Å². The minimum absolute atomic E-state index is 0.0338. The molecule has 0 fully saturated rings. The van der Waals surface area contributed by atoms with Gasteiger partial charge in [0, 0.05) is 33.4 Å². The lowest BCUT2D eigenvalue weighted by molar-refractivity contribution is 0.676. The maximum atomic E-state index is 15.1. The Morgan fingerprint density at radius 2 is 0.925 bits per heavy atom. The van der Waals surface area contributed by atoms with Gasteiger partial charge in [0.15, 0.2) is 0 Å². The largest absolute Gasteiger partial charge is 0.208 e. The molecule has 0 atom stereocenters. The van der Waals surface area contributed by atoms with Crippen molar-refractivity contribution in [3.05, 3.63) is 117 Å². The molecule has 0 saturated heterocycles. The fourth-order valence-electron chi connectivity index (χ4n) is 5.07. The third-order valence-corrected chi connectivity index (χ3v) is 6.67. The molecule has 0 aliphatic heterocycles. The van der Waals surface area contributed by atoms with Gasteiger partial charge >= 0.3 is 0 Å². The predicted molar refractivity (Wildman–Crippen MR) is 141 cm³/mol. The van der Waals surface area contributed by atoms with Crippen LogP contribution in [-0.4, -0.2) is 0 Å². The zero-order chi connectivity index (χ0) is 28.6. The molecule has 0 aromatic heterocycles. The Kier molecular flexibility index (Phi) is 6.09. The van der Waals surface area contributed by atoms with Crippen molar-refractivity contribution >= 4 is 33.4 Å². The van der Waals surface area contributed by atoms with E-state index in [-0.39, 0.29) is 66.8 Å². The Morgan fingerprint density at radius 3 is 1.27 bits per heavy atom. The molecule has 0 N–H and O–H groups in total. The van der Waals surface area contributed by atoms with Gasteiger partial charge in [0.25, 0.3) is 0 Å². The van der Waals surface area contributed by atoms with Crippen molar-refractivity contribution < 1.29 is 8.78 Å². The van der Waals surface area contributed by atoms with Gasteiger partial charge in [-0.15, -0.1) is 0 Å². The number of rotatable bonds is 2. The monoisotopic (exact) mass is 516 g/mol.